The van der Waals surface area contributed by atoms with Crippen LogP contribution in [0.5, 0.6) is 0 Å². The molecule has 0 N–H and O–H groups in total. The molecule has 0 aliphatic heterocycles. The molecule has 0 amide bonds. The van der Waals surface area contributed by atoms with Crippen molar-refractivity contribution < 1.29 is 4.42 Å². The molecule has 0 saturated carbocycles. The maximum absolute atomic E-state index is 12.1. The van der Waals surface area contributed by atoms with Crippen molar-refractivity contribution in [3.63, 3.8) is 0 Å². The molecule has 0 aromatic carbocycles. The summed E-state index contributed by atoms with van der Waals surface area (Å²) in [5.74, 6) is -0.314. The summed E-state index contributed by atoms with van der Waals surface area (Å²) in [4.78, 5) is 29.1. The molecule has 0 bridgehead atoms. The maximum Gasteiger partial charge on any atom is 0.437 e. The lowest BCUT2D eigenvalue weighted by atomic mass is 10.3. The van der Waals surface area contributed by atoms with E-state index in [4.69, 9.17) is 4.42 Å². The van der Waals surface area contributed by atoms with Crippen molar-refractivity contribution in [1.82, 2.24) is 19.2 Å². The maximum atomic E-state index is 12.1. The van der Waals surface area contributed by atoms with Crippen LogP contribution in [0.4, 0.5) is 0 Å². The first-order valence-electron chi connectivity index (χ1n) is 6.80. The summed E-state index contributed by atoms with van der Waals surface area (Å²) in [6, 6.07) is 10.3. The molecule has 8 heteroatoms. The molecular weight excluding hydrogens is 316 g/mol. The third kappa shape index (κ3) is 2.49. The summed E-state index contributed by atoms with van der Waals surface area (Å²) < 4.78 is 7.74. The minimum atomic E-state index is -0.580. The Balaban J connectivity index is 1.74. The lowest BCUT2D eigenvalue weighted by Crippen LogP contribution is -2.21. The van der Waals surface area contributed by atoms with Crippen LogP contribution in [0.2, 0.25) is 0 Å². The summed E-state index contributed by atoms with van der Waals surface area (Å²) in [7, 11) is 0. The van der Waals surface area contributed by atoms with Gasteiger partial charge in [0.25, 0.3) is 11.4 Å². The Labute approximate surface area is 133 Å². The van der Waals surface area contributed by atoms with Crippen LogP contribution in [-0.2, 0) is 6.54 Å². The van der Waals surface area contributed by atoms with E-state index in [0.29, 0.717) is 11.3 Å². The van der Waals surface area contributed by atoms with Crippen LogP contribution in [0.25, 0.3) is 16.4 Å². The minimum absolute atomic E-state index is 0.0777. The van der Waals surface area contributed by atoms with Crippen molar-refractivity contribution in [2.24, 2.45) is 0 Å². The summed E-state index contributed by atoms with van der Waals surface area (Å²) in [6.07, 6.45) is 1.64. The van der Waals surface area contributed by atoms with Gasteiger partial charge in [0.2, 0.25) is 0 Å². The smallest absolute Gasteiger partial charge is 0.387 e. The van der Waals surface area contributed by atoms with Crippen molar-refractivity contribution >= 4 is 17.0 Å². The molecule has 0 spiro atoms. The van der Waals surface area contributed by atoms with Gasteiger partial charge in [0.05, 0.1) is 17.1 Å². The predicted octanol–water partition coefficient (Wildman–Crippen LogP) is 1.62. The highest BCUT2D eigenvalue weighted by Gasteiger charge is 2.12. The Morgan fingerprint density at radius 1 is 1.17 bits per heavy atom. The molecule has 0 aliphatic rings. The van der Waals surface area contributed by atoms with E-state index in [1.165, 1.54) is 21.8 Å². The first-order valence-corrected chi connectivity index (χ1v) is 7.68. The van der Waals surface area contributed by atoms with Gasteiger partial charge in [0.1, 0.15) is 5.65 Å². The topological polar surface area (TPSA) is 82.4 Å². The number of rotatable bonds is 3. The fraction of sp³-hybridized carbons (Fsp3) is 0.0667. The van der Waals surface area contributed by atoms with Gasteiger partial charge in [-0.1, -0.05) is 12.1 Å². The second kappa shape index (κ2) is 5.33. The molecule has 114 valence electrons. The molecule has 0 radical (unpaired) electrons. The zero-order valence-electron chi connectivity index (χ0n) is 11.7. The van der Waals surface area contributed by atoms with E-state index in [1.807, 2.05) is 17.5 Å². The highest BCUT2D eigenvalue weighted by molar-refractivity contribution is 7.13. The summed E-state index contributed by atoms with van der Waals surface area (Å²) in [5, 5.41) is 6.03. The van der Waals surface area contributed by atoms with E-state index in [-0.39, 0.29) is 18.0 Å². The zero-order chi connectivity index (χ0) is 15.8. The number of nitrogens with zero attached hydrogens (tertiary/aromatic N) is 4. The number of thiophene rings is 1. The van der Waals surface area contributed by atoms with Crippen LogP contribution in [0, 0.1) is 0 Å². The SMILES string of the molecule is O=c1oc(-c2cccs2)nn1Cc1cc(=O)n2ccccc2n1. The van der Waals surface area contributed by atoms with Crippen molar-refractivity contribution in [3.8, 4) is 10.8 Å². The average molecular weight is 326 g/mol. The normalized spacial score (nSPS) is 11.1. The number of hydrogen-bond donors (Lipinski definition) is 0. The van der Waals surface area contributed by atoms with Crippen LogP contribution in [0.3, 0.4) is 0 Å². The standard InChI is InChI=1S/C15H10N4O3S/c20-13-8-10(16-12-5-1-2-6-18(12)13)9-19-15(21)22-14(17-19)11-4-3-7-23-11/h1-8H,9H2. The monoisotopic (exact) mass is 326 g/mol. The fourth-order valence-electron chi connectivity index (χ4n) is 2.24. The van der Waals surface area contributed by atoms with E-state index in [1.54, 1.807) is 24.4 Å². The van der Waals surface area contributed by atoms with Gasteiger partial charge in [-0.3, -0.25) is 9.20 Å². The van der Waals surface area contributed by atoms with Gasteiger partial charge in [-0.25, -0.2) is 9.78 Å². The molecule has 4 aromatic heterocycles. The third-order valence-electron chi connectivity index (χ3n) is 3.27. The first kappa shape index (κ1) is 13.6. The van der Waals surface area contributed by atoms with Gasteiger partial charge < -0.3 is 4.42 Å². The van der Waals surface area contributed by atoms with E-state index in [9.17, 15) is 9.59 Å². The van der Waals surface area contributed by atoms with Crippen molar-refractivity contribution in [2.45, 2.75) is 6.54 Å². The average Bonchev–Trinajstić information content (AvgIpc) is 3.18. The molecule has 4 aromatic rings. The van der Waals surface area contributed by atoms with Crippen molar-refractivity contribution in [1.29, 1.82) is 0 Å². The third-order valence-corrected chi connectivity index (χ3v) is 4.13. The number of fused-ring (bicyclic) bond motifs is 1. The van der Waals surface area contributed by atoms with Gasteiger partial charge >= 0.3 is 5.76 Å². The van der Waals surface area contributed by atoms with Crippen molar-refractivity contribution in [2.75, 3.05) is 0 Å². The van der Waals surface area contributed by atoms with Crippen LogP contribution < -0.4 is 11.3 Å². The van der Waals surface area contributed by atoms with Gasteiger partial charge in [-0.15, -0.1) is 16.4 Å². The molecule has 23 heavy (non-hydrogen) atoms. The van der Waals surface area contributed by atoms with Gasteiger partial charge in [0.15, 0.2) is 0 Å². The number of aromatic nitrogens is 4. The number of pyridine rings is 1. The van der Waals surface area contributed by atoms with E-state index in [0.717, 1.165) is 9.56 Å². The van der Waals surface area contributed by atoms with Gasteiger partial charge in [-0.05, 0) is 23.6 Å². The van der Waals surface area contributed by atoms with Gasteiger partial charge in [0, 0.05) is 12.3 Å². The second-order valence-corrected chi connectivity index (χ2v) is 5.77. The largest absolute Gasteiger partial charge is 0.437 e. The Hall–Kier alpha value is -3.00. The molecular formula is C15H10N4O3S. The van der Waals surface area contributed by atoms with Crippen molar-refractivity contribution in [3.05, 3.63) is 74.6 Å². The van der Waals surface area contributed by atoms with E-state index in [2.05, 4.69) is 10.1 Å². The summed E-state index contributed by atoms with van der Waals surface area (Å²) >= 11 is 1.43. The quantitative estimate of drug-likeness (QED) is 0.571. The minimum Gasteiger partial charge on any atom is -0.387 e. The molecule has 0 saturated heterocycles. The van der Waals surface area contributed by atoms with Crippen LogP contribution in [0.1, 0.15) is 5.69 Å². The first-order chi connectivity index (χ1) is 11.2. The Bertz CT molecular complexity index is 1090. The highest BCUT2D eigenvalue weighted by Crippen LogP contribution is 2.21. The van der Waals surface area contributed by atoms with E-state index < -0.39 is 5.76 Å². The Kier molecular flexibility index (Phi) is 3.16. The van der Waals surface area contributed by atoms with Crippen LogP contribution in [0.15, 0.2) is 62.0 Å². The summed E-state index contributed by atoms with van der Waals surface area (Å²) in [5.41, 5.74) is 0.764. The Morgan fingerprint density at radius 3 is 2.91 bits per heavy atom. The molecule has 4 rings (SSSR count). The van der Waals surface area contributed by atoms with Crippen LogP contribution >= 0.6 is 11.3 Å². The molecule has 0 unspecified atom stereocenters. The second-order valence-electron chi connectivity index (χ2n) is 4.82. The lowest BCUT2D eigenvalue weighted by Gasteiger charge is -2.02. The zero-order valence-corrected chi connectivity index (χ0v) is 12.6. The molecule has 4 heterocycles. The number of hydrogen-bond acceptors (Lipinski definition) is 6. The molecule has 0 aliphatic carbocycles. The molecule has 7 nitrogen and oxygen atoms in total. The highest BCUT2D eigenvalue weighted by atomic mass is 32.1. The predicted molar refractivity (Wildman–Crippen MR) is 84.6 cm³/mol. The molecule has 0 fully saturated rings. The fourth-order valence-corrected chi connectivity index (χ4v) is 2.89. The summed E-state index contributed by atoms with van der Waals surface area (Å²) in [6.45, 7) is 0.0777. The Morgan fingerprint density at radius 2 is 2.09 bits per heavy atom. The lowest BCUT2D eigenvalue weighted by molar-refractivity contribution is 0.494. The molecule has 0 atom stereocenters. The van der Waals surface area contributed by atoms with E-state index >= 15 is 0 Å². The van der Waals surface area contributed by atoms with Gasteiger partial charge in [-0.2, -0.15) is 4.68 Å². The van der Waals surface area contributed by atoms with Crippen LogP contribution in [-0.4, -0.2) is 19.2 Å².